The number of ether oxygens (including phenoxy) is 1. The highest BCUT2D eigenvalue weighted by molar-refractivity contribution is 6.06. The van der Waals surface area contributed by atoms with E-state index in [4.69, 9.17) is 4.74 Å². The Hall–Kier alpha value is -3.21. The van der Waals surface area contributed by atoms with Crippen molar-refractivity contribution in [2.24, 2.45) is 0 Å². The molecule has 38 heavy (non-hydrogen) atoms. The topological polar surface area (TPSA) is 94.1 Å². The first kappa shape index (κ1) is 27.8. The third-order valence-electron chi connectivity index (χ3n) is 7.30. The molecular weight excluding hydrogens is 494 g/mol. The van der Waals surface area contributed by atoms with Crippen molar-refractivity contribution in [3.05, 3.63) is 29.5 Å². The van der Waals surface area contributed by atoms with Gasteiger partial charge in [-0.2, -0.15) is 4.98 Å². The van der Waals surface area contributed by atoms with E-state index in [1.165, 1.54) is 0 Å². The quantitative estimate of drug-likeness (QED) is 0.359. The second-order valence-corrected chi connectivity index (χ2v) is 9.68. The Kier molecular flexibility index (Phi) is 9.19. The van der Waals surface area contributed by atoms with Gasteiger partial charge in [-0.25, -0.2) is 18.6 Å². The molecule has 0 atom stereocenters. The lowest BCUT2D eigenvalue weighted by atomic mass is 10.1. The van der Waals surface area contributed by atoms with E-state index in [0.717, 1.165) is 69.1 Å². The van der Waals surface area contributed by atoms with Gasteiger partial charge < -0.3 is 20.1 Å². The lowest BCUT2D eigenvalue weighted by molar-refractivity contribution is 0.246. The standard InChI is InChI=1S/C27H38F2N6O3/c1-4-33(5-2)14-10-9-13-30-26-31-16-18-17-34(24-22(28)20(36)15-21(23(24)29)38-6-3)27(37)35(25(18)32-26)19-11-7-8-12-19/h15-16,19,36H,4-14,17H2,1-3H3,(H,30,31,32). The number of carbonyl (C=O) groups excluding carboxylic acids is 1. The molecule has 1 saturated carbocycles. The minimum Gasteiger partial charge on any atom is -0.505 e. The third kappa shape index (κ3) is 5.77. The Balaban J connectivity index is 1.60. The monoisotopic (exact) mass is 532 g/mol. The van der Waals surface area contributed by atoms with E-state index in [2.05, 4.69) is 34.0 Å². The molecule has 4 rings (SSSR count). The van der Waals surface area contributed by atoms with Gasteiger partial charge in [-0.1, -0.05) is 26.7 Å². The molecule has 11 heteroatoms. The first-order chi connectivity index (χ1) is 18.4. The SMILES string of the molecule is CCOc1cc(O)c(F)c(N2Cc3cnc(NCCCCN(CC)CC)nc3N(C3CCCC3)C2=O)c1F. The minimum atomic E-state index is -1.21. The average molecular weight is 533 g/mol. The summed E-state index contributed by atoms with van der Waals surface area (Å²) in [5, 5.41) is 13.4. The van der Waals surface area contributed by atoms with Crippen molar-refractivity contribution in [2.75, 3.05) is 47.9 Å². The summed E-state index contributed by atoms with van der Waals surface area (Å²) >= 11 is 0. The smallest absolute Gasteiger partial charge is 0.330 e. The van der Waals surface area contributed by atoms with Crippen LogP contribution >= 0.6 is 0 Å². The Morgan fingerprint density at radius 3 is 2.58 bits per heavy atom. The van der Waals surface area contributed by atoms with E-state index < -0.39 is 29.1 Å². The van der Waals surface area contributed by atoms with Crippen LogP contribution in [-0.2, 0) is 6.54 Å². The molecule has 2 aliphatic rings. The second-order valence-electron chi connectivity index (χ2n) is 9.68. The highest BCUT2D eigenvalue weighted by atomic mass is 19.1. The van der Waals surface area contributed by atoms with Crippen LogP contribution in [0, 0.1) is 11.6 Å². The summed E-state index contributed by atoms with van der Waals surface area (Å²) < 4.78 is 35.7. The van der Waals surface area contributed by atoms with Gasteiger partial charge in [0.15, 0.2) is 23.1 Å². The number of benzene rings is 1. The third-order valence-corrected chi connectivity index (χ3v) is 7.30. The summed E-state index contributed by atoms with van der Waals surface area (Å²) in [7, 11) is 0. The molecule has 1 fully saturated rings. The molecule has 2 N–H and O–H groups in total. The van der Waals surface area contributed by atoms with Crippen LogP contribution in [0.2, 0.25) is 0 Å². The van der Waals surface area contributed by atoms with Gasteiger partial charge in [0, 0.05) is 30.4 Å². The Morgan fingerprint density at radius 2 is 1.89 bits per heavy atom. The maximum absolute atomic E-state index is 15.4. The van der Waals surface area contributed by atoms with Crippen molar-refractivity contribution >= 4 is 23.5 Å². The number of anilines is 3. The molecule has 1 aromatic carbocycles. The van der Waals surface area contributed by atoms with Gasteiger partial charge in [0.05, 0.1) is 13.2 Å². The van der Waals surface area contributed by atoms with E-state index in [9.17, 15) is 9.90 Å². The largest absolute Gasteiger partial charge is 0.505 e. The number of hydrogen-bond donors (Lipinski definition) is 2. The van der Waals surface area contributed by atoms with Crippen LogP contribution in [0.5, 0.6) is 11.5 Å². The zero-order chi connectivity index (χ0) is 27.2. The zero-order valence-electron chi connectivity index (χ0n) is 22.5. The molecule has 0 spiro atoms. The van der Waals surface area contributed by atoms with Gasteiger partial charge in [-0.3, -0.25) is 9.80 Å². The highest BCUT2D eigenvalue weighted by Crippen LogP contribution is 2.42. The summed E-state index contributed by atoms with van der Waals surface area (Å²) in [6.45, 7) is 9.74. The van der Waals surface area contributed by atoms with Crippen LogP contribution in [0.4, 0.5) is 31.0 Å². The second kappa shape index (κ2) is 12.6. The number of nitrogens with zero attached hydrogens (tertiary/aromatic N) is 5. The normalized spacial score (nSPS) is 15.9. The molecule has 2 amide bonds. The van der Waals surface area contributed by atoms with Crippen molar-refractivity contribution in [3.8, 4) is 11.5 Å². The van der Waals surface area contributed by atoms with Crippen LogP contribution in [0.1, 0.15) is 64.9 Å². The highest BCUT2D eigenvalue weighted by Gasteiger charge is 2.41. The van der Waals surface area contributed by atoms with Gasteiger partial charge in [-0.05, 0) is 52.2 Å². The summed E-state index contributed by atoms with van der Waals surface area (Å²) in [4.78, 5) is 27.8. The van der Waals surface area contributed by atoms with E-state index in [0.29, 0.717) is 23.9 Å². The fourth-order valence-corrected chi connectivity index (χ4v) is 5.21. The van der Waals surface area contributed by atoms with Crippen LogP contribution in [0.15, 0.2) is 12.3 Å². The number of rotatable bonds is 12. The fraction of sp³-hybridized carbons (Fsp3) is 0.593. The Bertz CT molecular complexity index is 1120. The van der Waals surface area contributed by atoms with Gasteiger partial charge in [0.1, 0.15) is 11.5 Å². The molecule has 0 bridgehead atoms. The molecule has 0 saturated heterocycles. The van der Waals surface area contributed by atoms with Gasteiger partial charge in [-0.15, -0.1) is 0 Å². The van der Waals surface area contributed by atoms with E-state index in [1.54, 1.807) is 18.0 Å². The van der Waals surface area contributed by atoms with E-state index in [-0.39, 0.29) is 24.9 Å². The maximum Gasteiger partial charge on any atom is 0.330 e. The molecule has 1 aliphatic carbocycles. The molecule has 0 unspecified atom stereocenters. The number of halogens is 2. The van der Waals surface area contributed by atoms with Crippen molar-refractivity contribution in [1.82, 2.24) is 14.9 Å². The van der Waals surface area contributed by atoms with Crippen molar-refractivity contribution < 1.29 is 23.4 Å². The number of hydrogen-bond acceptors (Lipinski definition) is 7. The first-order valence-corrected chi connectivity index (χ1v) is 13.7. The molecular formula is C27H38F2N6O3. The number of aromatic nitrogens is 2. The molecule has 9 nitrogen and oxygen atoms in total. The Morgan fingerprint density at radius 1 is 1.16 bits per heavy atom. The number of phenols is 1. The lowest BCUT2D eigenvalue weighted by Gasteiger charge is -2.39. The summed E-state index contributed by atoms with van der Waals surface area (Å²) in [6, 6.07) is 0.160. The van der Waals surface area contributed by atoms with Crippen LogP contribution in [0.25, 0.3) is 0 Å². The number of urea groups is 1. The maximum atomic E-state index is 15.4. The van der Waals surface area contributed by atoms with Crippen LogP contribution in [0.3, 0.4) is 0 Å². The number of phenolic OH excluding ortho intramolecular Hbond substituents is 1. The predicted molar refractivity (Wildman–Crippen MR) is 143 cm³/mol. The number of fused-ring (bicyclic) bond motifs is 1. The van der Waals surface area contributed by atoms with Crippen molar-refractivity contribution in [3.63, 3.8) is 0 Å². The number of unbranched alkanes of at least 4 members (excludes halogenated alkanes) is 1. The van der Waals surface area contributed by atoms with Crippen LogP contribution in [-0.4, -0.2) is 64.8 Å². The molecule has 208 valence electrons. The first-order valence-electron chi connectivity index (χ1n) is 13.7. The fourth-order valence-electron chi connectivity index (χ4n) is 5.21. The number of nitrogens with one attached hydrogen (secondary N) is 1. The number of amides is 2. The summed E-state index contributed by atoms with van der Waals surface area (Å²) in [6.07, 6.45) is 7.05. The van der Waals surface area contributed by atoms with Gasteiger partial charge in [0.2, 0.25) is 5.95 Å². The van der Waals surface area contributed by atoms with Crippen LogP contribution < -0.4 is 19.9 Å². The summed E-state index contributed by atoms with van der Waals surface area (Å²) in [5.74, 6) is -2.46. The van der Waals surface area contributed by atoms with Crippen molar-refractivity contribution in [1.29, 1.82) is 0 Å². The zero-order valence-corrected chi connectivity index (χ0v) is 22.5. The average Bonchev–Trinajstić information content (AvgIpc) is 3.44. The molecule has 1 aliphatic heterocycles. The molecule has 2 heterocycles. The number of carbonyl (C=O) groups is 1. The molecule has 2 aromatic rings. The van der Waals surface area contributed by atoms with Crippen molar-refractivity contribution in [2.45, 2.75) is 71.9 Å². The summed E-state index contributed by atoms with van der Waals surface area (Å²) in [5.41, 5.74) is -0.0637. The van der Waals surface area contributed by atoms with Gasteiger partial charge in [0.25, 0.3) is 0 Å². The molecule has 0 radical (unpaired) electrons. The van der Waals surface area contributed by atoms with E-state index >= 15 is 8.78 Å². The predicted octanol–water partition coefficient (Wildman–Crippen LogP) is 5.28. The Labute approximate surface area is 222 Å². The lowest BCUT2D eigenvalue weighted by Crippen LogP contribution is -2.52. The molecule has 1 aromatic heterocycles. The minimum absolute atomic E-state index is 0.117. The van der Waals surface area contributed by atoms with Gasteiger partial charge >= 0.3 is 6.03 Å². The number of aromatic hydroxyl groups is 1. The van der Waals surface area contributed by atoms with E-state index in [1.807, 2.05) is 0 Å².